The normalized spacial score (nSPS) is 17.6. The number of aliphatic hydroxyl groups is 1. The summed E-state index contributed by atoms with van der Waals surface area (Å²) in [5.74, 6) is 0. The summed E-state index contributed by atoms with van der Waals surface area (Å²) in [5.41, 5.74) is 1.23. The molecule has 0 aliphatic heterocycles. The minimum atomic E-state index is -0.999. The largest absolute Gasteiger partial charge is 0.384 e. The van der Waals surface area contributed by atoms with Crippen molar-refractivity contribution >= 4 is 22.8 Å². The van der Waals surface area contributed by atoms with Crippen molar-refractivity contribution in [3.8, 4) is 0 Å². The fourth-order valence-corrected chi connectivity index (χ4v) is 2.63. The number of nitro groups is 2. The lowest BCUT2D eigenvalue weighted by Gasteiger charge is -2.31. The first-order chi connectivity index (χ1) is 10.8. The molecule has 0 amide bonds. The molecule has 2 rings (SSSR count). The topological polar surface area (TPSA) is 131 Å². The van der Waals surface area contributed by atoms with Crippen LogP contribution < -0.4 is 5.43 Å². The molecule has 0 radical (unpaired) electrons. The molecule has 9 heteroatoms. The van der Waals surface area contributed by atoms with E-state index in [0.717, 1.165) is 31.4 Å². The number of anilines is 1. The van der Waals surface area contributed by atoms with E-state index in [4.69, 9.17) is 0 Å². The first kappa shape index (κ1) is 16.8. The van der Waals surface area contributed by atoms with Gasteiger partial charge in [-0.2, -0.15) is 5.10 Å². The smallest absolute Gasteiger partial charge is 0.301 e. The Morgan fingerprint density at radius 1 is 1.22 bits per heavy atom. The third kappa shape index (κ3) is 3.81. The Hall–Kier alpha value is -2.55. The van der Waals surface area contributed by atoms with Crippen LogP contribution in [0.2, 0.25) is 0 Å². The molecular formula is C14H18N4O5. The van der Waals surface area contributed by atoms with Crippen LogP contribution in [0.5, 0.6) is 0 Å². The van der Waals surface area contributed by atoms with Gasteiger partial charge in [0, 0.05) is 6.07 Å². The van der Waals surface area contributed by atoms with Crippen LogP contribution >= 0.6 is 0 Å². The van der Waals surface area contributed by atoms with E-state index in [2.05, 4.69) is 10.5 Å². The molecule has 0 bridgehead atoms. The maximum Gasteiger partial charge on any atom is 0.301 e. The van der Waals surface area contributed by atoms with Crippen molar-refractivity contribution in [2.45, 2.75) is 44.6 Å². The molecule has 1 saturated carbocycles. The van der Waals surface area contributed by atoms with Crippen molar-refractivity contribution < 1.29 is 15.0 Å². The molecule has 0 heterocycles. The molecule has 1 aromatic carbocycles. The average molecular weight is 322 g/mol. The maximum atomic E-state index is 11.1. The third-order valence-corrected chi connectivity index (χ3v) is 4.09. The van der Waals surface area contributed by atoms with Crippen molar-refractivity contribution in [3.63, 3.8) is 0 Å². The SMILES string of the molecule is C/C(=N\Nc1ccc([N+](=O)[O-])cc1[N+](=O)[O-])C1(O)CCCCC1. The lowest BCUT2D eigenvalue weighted by atomic mass is 9.82. The highest BCUT2D eigenvalue weighted by Gasteiger charge is 2.32. The van der Waals surface area contributed by atoms with Crippen LogP contribution in [0.4, 0.5) is 17.1 Å². The molecule has 9 nitrogen and oxygen atoms in total. The van der Waals surface area contributed by atoms with E-state index in [1.54, 1.807) is 6.92 Å². The Labute approximate surface area is 132 Å². The lowest BCUT2D eigenvalue weighted by molar-refractivity contribution is -0.393. The molecule has 1 fully saturated rings. The van der Waals surface area contributed by atoms with E-state index < -0.39 is 21.1 Å². The predicted octanol–water partition coefficient (Wildman–Crippen LogP) is 2.99. The Kier molecular flexibility index (Phi) is 4.89. The molecule has 0 spiro atoms. The number of nitrogens with zero attached hydrogens (tertiary/aromatic N) is 3. The molecule has 1 aliphatic rings. The Bertz CT molecular complexity index is 653. The first-order valence-corrected chi connectivity index (χ1v) is 7.29. The second kappa shape index (κ2) is 6.69. The Morgan fingerprint density at radius 2 is 1.87 bits per heavy atom. The zero-order chi connectivity index (χ0) is 17.0. The molecule has 0 aromatic heterocycles. The summed E-state index contributed by atoms with van der Waals surface area (Å²) in [6, 6.07) is 3.27. The number of nitrogens with one attached hydrogen (secondary N) is 1. The van der Waals surface area contributed by atoms with Crippen LogP contribution in [0.15, 0.2) is 23.3 Å². The van der Waals surface area contributed by atoms with E-state index in [9.17, 15) is 25.3 Å². The van der Waals surface area contributed by atoms with Gasteiger partial charge in [-0.1, -0.05) is 19.3 Å². The standard InChI is InChI=1S/C14H18N4O5/c1-10(14(19)7-3-2-4-8-14)15-16-12-6-5-11(17(20)21)9-13(12)18(22)23/h5-6,9,16,19H,2-4,7-8H2,1H3/b15-10+. The molecule has 23 heavy (non-hydrogen) atoms. The van der Waals surface area contributed by atoms with Crippen molar-refractivity contribution in [3.05, 3.63) is 38.4 Å². The van der Waals surface area contributed by atoms with Gasteiger partial charge in [-0.3, -0.25) is 25.7 Å². The number of hydrogen-bond donors (Lipinski definition) is 2. The Balaban J connectivity index is 2.23. The Morgan fingerprint density at radius 3 is 2.43 bits per heavy atom. The van der Waals surface area contributed by atoms with Gasteiger partial charge in [0.2, 0.25) is 0 Å². The predicted molar refractivity (Wildman–Crippen MR) is 84.5 cm³/mol. The molecule has 0 unspecified atom stereocenters. The van der Waals surface area contributed by atoms with Gasteiger partial charge in [0.05, 0.1) is 21.6 Å². The van der Waals surface area contributed by atoms with E-state index in [1.807, 2.05) is 0 Å². The third-order valence-electron chi connectivity index (χ3n) is 4.09. The van der Waals surface area contributed by atoms with Gasteiger partial charge in [0.1, 0.15) is 11.3 Å². The fourth-order valence-electron chi connectivity index (χ4n) is 2.63. The van der Waals surface area contributed by atoms with Crippen LogP contribution in [0.25, 0.3) is 0 Å². The van der Waals surface area contributed by atoms with Gasteiger partial charge in [0.15, 0.2) is 0 Å². The summed E-state index contributed by atoms with van der Waals surface area (Å²) < 4.78 is 0. The molecule has 2 N–H and O–H groups in total. The summed E-state index contributed by atoms with van der Waals surface area (Å²) >= 11 is 0. The van der Waals surface area contributed by atoms with Crippen LogP contribution in [0.3, 0.4) is 0 Å². The van der Waals surface area contributed by atoms with Crippen LogP contribution in [0, 0.1) is 20.2 Å². The zero-order valence-corrected chi connectivity index (χ0v) is 12.7. The number of nitro benzene ring substituents is 2. The summed E-state index contributed by atoms with van der Waals surface area (Å²) in [5, 5.41) is 36.3. The number of non-ortho nitro benzene ring substituents is 1. The van der Waals surface area contributed by atoms with Gasteiger partial charge in [-0.25, -0.2) is 0 Å². The average Bonchev–Trinajstić information content (AvgIpc) is 2.52. The van der Waals surface area contributed by atoms with E-state index in [1.165, 1.54) is 6.07 Å². The number of hydrogen-bond acceptors (Lipinski definition) is 7. The molecule has 0 saturated heterocycles. The number of benzene rings is 1. The van der Waals surface area contributed by atoms with Gasteiger partial charge >= 0.3 is 5.69 Å². The maximum absolute atomic E-state index is 11.1. The molecule has 0 atom stereocenters. The molecule has 124 valence electrons. The summed E-state index contributed by atoms with van der Waals surface area (Å²) in [6.45, 7) is 1.66. The molecule has 1 aromatic rings. The molecule has 1 aliphatic carbocycles. The quantitative estimate of drug-likeness (QED) is 0.486. The number of rotatable bonds is 5. The summed E-state index contributed by atoms with van der Waals surface area (Å²) in [6.07, 6.45) is 4.08. The lowest BCUT2D eigenvalue weighted by Crippen LogP contribution is -2.39. The van der Waals surface area contributed by atoms with Crippen molar-refractivity contribution in [2.24, 2.45) is 5.10 Å². The van der Waals surface area contributed by atoms with Gasteiger partial charge < -0.3 is 5.11 Å². The highest BCUT2D eigenvalue weighted by Crippen LogP contribution is 2.31. The minimum Gasteiger partial charge on any atom is -0.384 e. The van der Waals surface area contributed by atoms with Crippen molar-refractivity contribution in [1.82, 2.24) is 0 Å². The fraction of sp³-hybridized carbons (Fsp3) is 0.500. The van der Waals surface area contributed by atoms with E-state index in [0.29, 0.717) is 18.6 Å². The monoisotopic (exact) mass is 322 g/mol. The summed E-state index contributed by atoms with van der Waals surface area (Å²) in [7, 11) is 0. The zero-order valence-electron chi connectivity index (χ0n) is 12.7. The second-order valence-corrected chi connectivity index (χ2v) is 5.62. The van der Waals surface area contributed by atoms with Crippen LogP contribution in [-0.2, 0) is 0 Å². The van der Waals surface area contributed by atoms with Crippen molar-refractivity contribution in [2.75, 3.05) is 5.43 Å². The van der Waals surface area contributed by atoms with Gasteiger partial charge in [-0.15, -0.1) is 0 Å². The highest BCUT2D eigenvalue weighted by molar-refractivity contribution is 5.91. The minimum absolute atomic E-state index is 0.0411. The summed E-state index contributed by atoms with van der Waals surface area (Å²) in [4.78, 5) is 20.3. The van der Waals surface area contributed by atoms with Crippen molar-refractivity contribution in [1.29, 1.82) is 0 Å². The van der Waals surface area contributed by atoms with Crippen LogP contribution in [0.1, 0.15) is 39.0 Å². The van der Waals surface area contributed by atoms with Gasteiger partial charge in [-0.05, 0) is 25.8 Å². The first-order valence-electron chi connectivity index (χ1n) is 7.29. The van der Waals surface area contributed by atoms with Gasteiger partial charge in [0.25, 0.3) is 5.69 Å². The van der Waals surface area contributed by atoms with E-state index in [-0.39, 0.29) is 11.4 Å². The molecular weight excluding hydrogens is 304 g/mol. The van der Waals surface area contributed by atoms with E-state index >= 15 is 0 Å². The highest BCUT2D eigenvalue weighted by atomic mass is 16.6. The second-order valence-electron chi connectivity index (χ2n) is 5.62. The number of hydrazone groups is 1. The van der Waals surface area contributed by atoms with Crippen LogP contribution in [-0.4, -0.2) is 26.3 Å².